The molecule has 9 aromatic rings. The molecule has 0 fully saturated rings. The van der Waals surface area contributed by atoms with Crippen molar-refractivity contribution in [2.24, 2.45) is 0 Å². The van der Waals surface area contributed by atoms with E-state index in [2.05, 4.69) is 251 Å². The Bertz CT molecular complexity index is 3190. The highest BCUT2D eigenvalue weighted by molar-refractivity contribution is 6.09. The normalized spacial score (nSPS) is 13.4. The molecule has 65 heavy (non-hydrogen) atoms. The second-order valence-corrected chi connectivity index (χ2v) is 19.5. The van der Waals surface area contributed by atoms with Crippen LogP contribution in [0.1, 0.15) is 81.8 Å². The van der Waals surface area contributed by atoms with Gasteiger partial charge in [0.2, 0.25) is 0 Å². The number of nitrogens with zero attached hydrogens (tertiary/aromatic N) is 4. The van der Waals surface area contributed by atoms with Crippen molar-refractivity contribution in [3.05, 3.63) is 234 Å². The van der Waals surface area contributed by atoms with Crippen molar-refractivity contribution >= 4 is 38.9 Å². The zero-order valence-electron chi connectivity index (χ0n) is 38.5. The highest BCUT2D eigenvalue weighted by Crippen LogP contribution is 2.42. The number of rotatable bonds is 10. The maximum Gasteiger partial charge on any atom is 0.137 e. The number of hydrogen-bond donors (Lipinski definition) is 0. The molecule has 5 heteroatoms. The van der Waals surface area contributed by atoms with E-state index in [0.29, 0.717) is 6.67 Å². The van der Waals surface area contributed by atoms with E-state index in [1.807, 2.05) is 12.3 Å². The van der Waals surface area contributed by atoms with Crippen LogP contribution in [0.15, 0.2) is 200 Å². The first-order valence-electron chi connectivity index (χ1n) is 22.7. The summed E-state index contributed by atoms with van der Waals surface area (Å²) in [5.41, 5.74) is 12.6. The lowest BCUT2D eigenvalue weighted by atomic mass is 9.75. The van der Waals surface area contributed by atoms with E-state index >= 15 is 0 Å². The van der Waals surface area contributed by atoms with E-state index in [1.165, 1.54) is 44.5 Å². The Labute approximate surface area is 383 Å². The van der Waals surface area contributed by atoms with Gasteiger partial charge < -0.3 is 14.5 Å². The lowest BCUT2D eigenvalue weighted by Crippen LogP contribution is -2.28. The van der Waals surface area contributed by atoms with Gasteiger partial charge in [0.25, 0.3) is 0 Å². The molecular formula is C60H56N4O. The van der Waals surface area contributed by atoms with Crippen molar-refractivity contribution < 1.29 is 4.74 Å². The average molecular weight is 849 g/mol. The van der Waals surface area contributed by atoms with Gasteiger partial charge in [0.05, 0.1) is 23.4 Å². The molecule has 2 aromatic heterocycles. The molecule has 0 unspecified atom stereocenters. The molecule has 0 atom stereocenters. The molecule has 5 nitrogen and oxygen atoms in total. The summed E-state index contributed by atoms with van der Waals surface area (Å²) < 4.78 is 9.06. The Morgan fingerprint density at radius 2 is 1.08 bits per heavy atom. The minimum Gasteiger partial charge on any atom is -0.457 e. The predicted octanol–water partition coefficient (Wildman–Crippen LogP) is 15.2. The highest BCUT2D eigenvalue weighted by atomic mass is 16.5. The Morgan fingerprint density at radius 1 is 0.462 bits per heavy atom. The van der Waals surface area contributed by atoms with E-state index in [4.69, 9.17) is 9.72 Å². The van der Waals surface area contributed by atoms with E-state index in [1.54, 1.807) is 0 Å². The number of para-hydroxylation sites is 1. The molecule has 7 aromatic carbocycles. The molecule has 0 N–H and O–H groups in total. The van der Waals surface area contributed by atoms with Crippen molar-refractivity contribution in [3.8, 4) is 17.3 Å². The summed E-state index contributed by atoms with van der Waals surface area (Å²) in [6.45, 7) is 16.8. The van der Waals surface area contributed by atoms with Crippen LogP contribution in [0.4, 0.5) is 11.4 Å². The second kappa shape index (κ2) is 16.3. The van der Waals surface area contributed by atoms with Crippen LogP contribution >= 0.6 is 0 Å². The second-order valence-electron chi connectivity index (χ2n) is 19.5. The number of ether oxygens (including phenoxy) is 1. The van der Waals surface area contributed by atoms with Gasteiger partial charge >= 0.3 is 0 Å². The van der Waals surface area contributed by atoms with E-state index < -0.39 is 0 Å². The summed E-state index contributed by atoms with van der Waals surface area (Å²) in [7, 11) is 0. The Hall–Kier alpha value is -7.37. The summed E-state index contributed by atoms with van der Waals surface area (Å²) in [6.07, 6.45) is 4.22. The standard InChI is InChI=1S/C60H56N4O/c1-58(2,3)46-34-47(60(6,7)44-24-15-10-16-25-44)36-49(35-46)63-41-62(40-56(63)42-20-11-8-12-21-42)48-26-19-27-50(38-48)65-51-30-31-53-52-28-17-18-29-54(52)64(55(53)39-51)57-37-45(32-33-61-57)59(4,5)43-22-13-9-14-23-43/h8-40H,41H2,1-7H3. The molecule has 0 aliphatic carbocycles. The minimum absolute atomic E-state index is 0.0452. The van der Waals surface area contributed by atoms with E-state index in [-0.39, 0.29) is 16.2 Å². The fourth-order valence-electron chi connectivity index (χ4n) is 9.36. The maximum atomic E-state index is 6.79. The third kappa shape index (κ3) is 7.86. The number of hydrogen-bond acceptors (Lipinski definition) is 4. The van der Waals surface area contributed by atoms with Gasteiger partial charge in [-0.25, -0.2) is 4.98 Å². The van der Waals surface area contributed by atoms with Gasteiger partial charge in [-0.3, -0.25) is 4.57 Å². The Morgan fingerprint density at radius 3 is 1.78 bits per heavy atom. The van der Waals surface area contributed by atoms with Crippen LogP contribution in [0, 0.1) is 0 Å². The molecule has 322 valence electrons. The van der Waals surface area contributed by atoms with Gasteiger partial charge in [-0.05, 0) is 93.4 Å². The van der Waals surface area contributed by atoms with Crippen LogP contribution < -0.4 is 14.5 Å². The summed E-state index contributed by atoms with van der Waals surface area (Å²) in [4.78, 5) is 9.76. The Balaban J connectivity index is 1.00. The molecular weight excluding hydrogens is 793 g/mol. The third-order valence-electron chi connectivity index (χ3n) is 13.5. The SMILES string of the molecule is CC(C)(C)c1cc(N2CN(c3cccc(Oc4ccc5c6ccccc6n(-c6cc(C(C)(C)c7ccccc7)ccn6)c5c4)c3)C=C2c2ccccc2)cc(C(C)(C)c2ccccc2)c1. The van der Waals surface area contributed by atoms with E-state index in [9.17, 15) is 0 Å². The van der Waals surface area contributed by atoms with Crippen molar-refractivity contribution in [2.45, 2.75) is 64.7 Å². The molecule has 0 saturated carbocycles. The lowest BCUT2D eigenvalue weighted by molar-refractivity contribution is 0.483. The molecule has 10 rings (SSSR count). The van der Waals surface area contributed by atoms with Crippen LogP contribution in [0.5, 0.6) is 11.5 Å². The smallest absolute Gasteiger partial charge is 0.137 e. The number of pyridine rings is 1. The van der Waals surface area contributed by atoms with Crippen molar-refractivity contribution in [3.63, 3.8) is 0 Å². The summed E-state index contributed by atoms with van der Waals surface area (Å²) >= 11 is 0. The minimum atomic E-state index is -0.209. The molecule has 0 saturated heterocycles. The van der Waals surface area contributed by atoms with Crippen LogP contribution in [0.3, 0.4) is 0 Å². The molecule has 1 aliphatic heterocycles. The zero-order valence-corrected chi connectivity index (χ0v) is 38.5. The van der Waals surface area contributed by atoms with Crippen LogP contribution in [0.25, 0.3) is 33.3 Å². The average Bonchev–Trinajstić information content (AvgIpc) is 3.92. The molecule has 0 spiro atoms. The van der Waals surface area contributed by atoms with Crippen molar-refractivity contribution in [2.75, 3.05) is 16.5 Å². The first kappa shape index (κ1) is 41.6. The van der Waals surface area contributed by atoms with Crippen LogP contribution in [0.2, 0.25) is 0 Å². The van der Waals surface area contributed by atoms with Crippen LogP contribution in [-0.2, 0) is 16.2 Å². The van der Waals surface area contributed by atoms with Crippen LogP contribution in [-0.4, -0.2) is 16.2 Å². The number of aromatic nitrogens is 2. The zero-order chi connectivity index (χ0) is 44.9. The van der Waals surface area contributed by atoms with E-state index in [0.717, 1.165) is 45.1 Å². The fraction of sp³-hybridized carbons (Fsp3) is 0.183. The number of benzene rings is 7. The number of fused-ring (bicyclic) bond motifs is 3. The predicted molar refractivity (Wildman–Crippen MR) is 272 cm³/mol. The molecule has 0 amide bonds. The van der Waals surface area contributed by atoms with Gasteiger partial charge in [-0.2, -0.15) is 0 Å². The van der Waals surface area contributed by atoms with Gasteiger partial charge in [0.1, 0.15) is 17.3 Å². The van der Waals surface area contributed by atoms with Gasteiger partial charge in [0.15, 0.2) is 0 Å². The first-order valence-corrected chi connectivity index (χ1v) is 22.7. The lowest BCUT2D eigenvalue weighted by Gasteiger charge is -2.32. The fourth-order valence-corrected chi connectivity index (χ4v) is 9.36. The highest BCUT2D eigenvalue weighted by Gasteiger charge is 2.31. The first-order chi connectivity index (χ1) is 31.3. The van der Waals surface area contributed by atoms with Crippen molar-refractivity contribution in [1.29, 1.82) is 0 Å². The molecule has 0 radical (unpaired) electrons. The summed E-state index contributed by atoms with van der Waals surface area (Å²) in [6, 6.07) is 67.3. The quantitative estimate of drug-likeness (QED) is 0.137. The molecule has 1 aliphatic rings. The largest absolute Gasteiger partial charge is 0.457 e. The van der Waals surface area contributed by atoms with Crippen molar-refractivity contribution in [1.82, 2.24) is 9.55 Å². The van der Waals surface area contributed by atoms with Gasteiger partial charge in [0, 0.05) is 57.5 Å². The van der Waals surface area contributed by atoms with Gasteiger partial charge in [-0.1, -0.05) is 170 Å². The summed E-state index contributed by atoms with van der Waals surface area (Å²) in [5, 5.41) is 2.33. The summed E-state index contributed by atoms with van der Waals surface area (Å²) in [5.74, 6) is 2.40. The topological polar surface area (TPSA) is 33.5 Å². The monoisotopic (exact) mass is 848 g/mol. The van der Waals surface area contributed by atoms with Gasteiger partial charge in [-0.15, -0.1) is 0 Å². The maximum absolute atomic E-state index is 6.79. The Kier molecular flexibility index (Phi) is 10.5. The molecule has 3 heterocycles. The third-order valence-corrected chi connectivity index (χ3v) is 13.5. The number of anilines is 2. The molecule has 0 bridgehead atoms.